The summed E-state index contributed by atoms with van der Waals surface area (Å²) >= 11 is 0. The highest BCUT2D eigenvalue weighted by Gasteiger charge is 2.53. The van der Waals surface area contributed by atoms with Crippen LogP contribution in [0.5, 0.6) is 0 Å². The van der Waals surface area contributed by atoms with Crippen LogP contribution in [-0.4, -0.2) is 79.9 Å². The average molecular weight is 462 g/mol. The van der Waals surface area contributed by atoms with Crippen molar-refractivity contribution >= 4 is 29.8 Å². The molecule has 12 nitrogen and oxygen atoms in total. The summed E-state index contributed by atoms with van der Waals surface area (Å²) in [6, 6.07) is 0. The van der Waals surface area contributed by atoms with Crippen molar-refractivity contribution < 1.29 is 57.1 Å². The Balaban J connectivity index is 3.26. The Hall–Kier alpha value is -2.73. The molecule has 32 heavy (non-hydrogen) atoms. The van der Waals surface area contributed by atoms with Crippen LogP contribution in [0.2, 0.25) is 0 Å². The molecule has 1 aliphatic heterocycles. The fourth-order valence-corrected chi connectivity index (χ4v) is 3.03. The molecule has 0 N–H and O–H groups in total. The molecule has 0 bridgehead atoms. The van der Waals surface area contributed by atoms with Gasteiger partial charge in [0.05, 0.1) is 19.1 Å². The van der Waals surface area contributed by atoms with Crippen molar-refractivity contribution in [2.45, 2.75) is 84.8 Å². The molecule has 6 atom stereocenters. The minimum Gasteiger partial charge on any atom is -0.466 e. The van der Waals surface area contributed by atoms with Gasteiger partial charge in [-0.3, -0.25) is 24.0 Å². The summed E-state index contributed by atoms with van der Waals surface area (Å²) in [5.41, 5.74) is 0. The summed E-state index contributed by atoms with van der Waals surface area (Å²) in [5, 5.41) is 0. The summed E-state index contributed by atoms with van der Waals surface area (Å²) < 4.78 is 37.2. The van der Waals surface area contributed by atoms with Crippen LogP contribution in [0.1, 0.15) is 48.0 Å². The van der Waals surface area contributed by atoms with Crippen LogP contribution in [-0.2, 0) is 57.1 Å². The zero-order chi connectivity index (χ0) is 24.4. The fourth-order valence-electron chi connectivity index (χ4n) is 3.03. The zero-order valence-corrected chi connectivity index (χ0v) is 19.0. The molecule has 182 valence electrons. The Morgan fingerprint density at radius 2 is 1.31 bits per heavy atom. The molecule has 0 aromatic rings. The average Bonchev–Trinajstić information content (AvgIpc) is 2.63. The summed E-state index contributed by atoms with van der Waals surface area (Å²) in [6.45, 7) is 7.56. The van der Waals surface area contributed by atoms with Crippen LogP contribution in [0.25, 0.3) is 0 Å². The SMILES string of the molecule is CCOC(=O)CC(C)O[C@H]1OC(COC(C)=O)[C@@H](OC(C)=O)[C@H](OC(C)=O)C1OC(C)=O. The Bertz CT molecular complexity index is 690. The third-order valence-electron chi connectivity index (χ3n) is 4.07. The molecule has 0 spiro atoms. The first kappa shape index (κ1) is 27.3. The van der Waals surface area contributed by atoms with Crippen molar-refractivity contribution in [3.05, 3.63) is 0 Å². The minimum atomic E-state index is -1.35. The lowest BCUT2D eigenvalue weighted by atomic mass is 9.98. The van der Waals surface area contributed by atoms with Gasteiger partial charge >= 0.3 is 29.8 Å². The van der Waals surface area contributed by atoms with Gasteiger partial charge in [-0.2, -0.15) is 0 Å². The molecule has 1 aliphatic rings. The van der Waals surface area contributed by atoms with Crippen molar-refractivity contribution in [3.8, 4) is 0 Å². The summed E-state index contributed by atoms with van der Waals surface area (Å²) in [4.78, 5) is 58.3. The highest BCUT2D eigenvalue weighted by molar-refractivity contribution is 5.70. The molecule has 0 saturated carbocycles. The van der Waals surface area contributed by atoms with E-state index in [9.17, 15) is 24.0 Å². The second-order valence-electron chi connectivity index (χ2n) is 7.02. The molecule has 0 amide bonds. The van der Waals surface area contributed by atoms with Gasteiger partial charge in [-0.15, -0.1) is 0 Å². The monoisotopic (exact) mass is 462 g/mol. The maximum atomic E-state index is 11.8. The van der Waals surface area contributed by atoms with E-state index in [1.807, 2.05) is 0 Å². The molecule has 0 aromatic heterocycles. The summed E-state index contributed by atoms with van der Waals surface area (Å²) in [6.07, 6.45) is -7.33. The van der Waals surface area contributed by atoms with Crippen LogP contribution in [0.4, 0.5) is 0 Å². The highest BCUT2D eigenvalue weighted by Crippen LogP contribution is 2.30. The number of esters is 5. The van der Waals surface area contributed by atoms with E-state index in [2.05, 4.69) is 0 Å². The molecule has 0 aliphatic carbocycles. The normalized spacial score (nSPS) is 25.8. The largest absolute Gasteiger partial charge is 0.466 e. The molecule has 1 rings (SSSR count). The fraction of sp³-hybridized carbons (Fsp3) is 0.750. The Kier molecular flexibility index (Phi) is 11.1. The van der Waals surface area contributed by atoms with Gasteiger partial charge in [0.15, 0.2) is 24.6 Å². The molecule has 1 fully saturated rings. The molecule has 1 saturated heterocycles. The second kappa shape index (κ2) is 13.0. The van der Waals surface area contributed by atoms with E-state index in [0.29, 0.717) is 0 Å². The maximum absolute atomic E-state index is 11.8. The number of carbonyl (C=O) groups is 5. The van der Waals surface area contributed by atoms with Crippen molar-refractivity contribution in [2.75, 3.05) is 13.2 Å². The molecule has 3 unspecified atom stereocenters. The van der Waals surface area contributed by atoms with Gasteiger partial charge in [0.2, 0.25) is 0 Å². The van der Waals surface area contributed by atoms with Gasteiger partial charge in [-0.05, 0) is 13.8 Å². The van der Waals surface area contributed by atoms with E-state index in [1.165, 1.54) is 6.92 Å². The second-order valence-corrected chi connectivity index (χ2v) is 7.02. The van der Waals surface area contributed by atoms with Gasteiger partial charge in [0.1, 0.15) is 12.7 Å². The van der Waals surface area contributed by atoms with Gasteiger partial charge in [-0.1, -0.05) is 0 Å². The Morgan fingerprint density at radius 3 is 1.81 bits per heavy atom. The molecular formula is C20H30O12. The van der Waals surface area contributed by atoms with E-state index in [-0.39, 0.29) is 19.6 Å². The molecule has 1 heterocycles. The van der Waals surface area contributed by atoms with Crippen LogP contribution < -0.4 is 0 Å². The first-order valence-electron chi connectivity index (χ1n) is 10.1. The van der Waals surface area contributed by atoms with E-state index in [4.69, 9.17) is 33.2 Å². The van der Waals surface area contributed by atoms with Gasteiger partial charge < -0.3 is 33.2 Å². The summed E-state index contributed by atoms with van der Waals surface area (Å²) in [7, 11) is 0. The molecule has 0 radical (unpaired) electrons. The number of ether oxygens (including phenoxy) is 7. The number of hydrogen-bond acceptors (Lipinski definition) is 12. The van der Waals surface area contributed by atoms with Crippen molar-refractivity contribution in [1.82, 2.24) is 0 Å². The highest BCUT2D eigenvalue weighted by atomic mass is 16.7. The summed E-state index contributed by atoms with van der Waals surface area (Å²) in [5.74, 6) is -3.39. The van der Waals surface area contributed by atoms with Gasteiger partial charge in [-0.25, -0.2) is 0 Å². The van der Waals surface area contributed by atoms with Gasteiger partial charge in [0, 0.05) is 27.7 Å². The van der Waals surface area contributed by atoms with E-state index < -0.39 is 66.7 Å². The van der Waals surface area contributed by atoms with Gasteiger partial charge in [0.25, 0.3) is 0 Å². The predicted octanol–water partition coefficient (Wildman–Crippen LogP) is 0.428. The van der Waals surface area contributed by atoms with Crippen molar-refractivity contribution in [3.63, 3.8) is 0 Å². The lowest BCUT2D eigenvalue weighted by Gasteiger charge is -2.44. The third kappa shape index (κ3) is 9.18. The Morgan fingerprint density at radius 1 is 0.781 bits per heavy atom. The van der Waals surface area contributed by atoms with Crippen LogP contribution in [0.15, 0.2) is 0 Å². The predicted molar refractivity (Wildman–Crippen MR) is 104 cm³/mol. The van der Waals surface area contributed by atoms with E-state index in [0.717, 1.165) is 20.8 Å². The molecular weight excluding hydrogens is 432 g/mol. The molecule has 12 heteroatoms. The zero-order valence-electron chi connectivity index (χ0n) is 19.0. The van der Waals surface area contributed by atoms with Crippen LogP contribution >= 0.6 is 0 Å². The first-order valence-corrected chi connectivity index (χ1v) is 10.1. The number of hydrogen-bond donors (Lipinski definition) is 0. The van der Waals surface area contributed by atoms with Crippen molar-refractivity contribution in [2.24, 2.45) is 0 Å². The number of rotatable bonds is 10. The lowest BCUT2D eigenvalue weighted by molar-refractivity contribution is -0.315. The topological polar surface area (TPSA) is 150 Å². The van der Waals surface area contributed by atoms with Crippen LogP contribution in [0, 0.1) is 0 Å². The van der Waals surface area contributed by atoms with E-state index in [1.54, 1.807) is 13.8 Å². The van der Waals surface area contributed by atoms with Crippen LogP contribution in [0.3, 0.4) is 0 Å². The lowest BCUT2D eigenvalue weighted by Crippen LogP contribution is -2.63. The smallest absolute Gasteiger partial charge is 0.308 e. The van der Waals surface area contributed by atoms with Crippen molar-refractivity contribution in [1.29, 1.82) is 0 Å². The standard InChI is InChI=1S/C20H30O12/c1-7-26-16(25)8-10(2)28-20-19(31-14(6)24)18(30-13(5)23)17(29-12(4)22)15(32-20)9-27-11(3)21/h10,15,17-20H,7-9H2,1-6H3/t10?,15?,17-,18+,19?,20+/m1/s1. The maximum Gasteiger partial charge on any atom is 0.308 e. The Labute approximate surface area is 185 Å². The third-order valence-corrected chi connectivity index (χ3v) is 4.07. The minimum absolute atomic E-state index is 0.138. The number of carbonyl (C=O) groups excluding carboxylic acids is 5. The van der Waals surface area contributed by atoms with E-state index >= 15 is 0 Å². The first-order chi connectivity index (χ1) is 14.9. The quantitative estimate of drug-likeness (QED) is 0.327. The molecule has 0 aromatic carbocycles.